The van der Waals surface area contributed by atoms with E-state index < -0.39 is 5.97 Å². The van der Waals surface area contributed by atoms with Crippen molar-refractivity contribution in [3.63, 3.8) is 0 Å². The van der Waals surface area contributed by atoms with Crippen LogP contribution in [0.5, 0.6) is 5.75 Å². The van der Waals surface area contributed by atoms with Crippen LogP contribution in [0.1, 0.15) is 5.56 Å². The van der Waals surface area contributed by atoms with Gasteiger partial charge in [-0.2, -0.15) is 0 Å². The first-order chi connectivity index (χ1) is 9.63. The maximum absolute atomic E-state index is 10.6. The molecule has 1 aromatic rings. The van der Waals surface area contributed by atoms with Gasteiger partial charge in [0, 0.05) is 32.7 Å². The van der Waals surface area contributed by atoms with Crippen LogP contribution in [0.4, 0.5) is 0 Å². The van der Waals surface area contributed by atoms with Crippen molar-refractivity contribution in [1.29, 1.82) is 0 Å². The lowest BCUT2D eigenvalue weighted by molar-refractivity contribution is -0.136. The van der Waals surface area contributed by atoms with Crippen LogP contribution in [0.3, 0.4) is 0 Å². The van der Waals surface area contributed by atoms with E-state index in [0.29, 0.717) is 6.61 Å². The summed E-state index contributed by atoms with van der Waals surface area (Å²) in [6.07, 6.45) is 0.0571. The molecule has 5 nitrogen and oxygen atoms in total. The highest BCUT2D eigenvalue weighted by Gasteiger charge is 2.13. The van der Waals surface area contributed by atoms with Crippen LogP contribution in [0.25, 0.3) is 0 Å². The zero-order valence-electron chi connectivity index (χ0n) is 11.9. The first kappa shape index (κ1) is 14.8. The van der Waals surface area contributed by atoms with Gasteiger partial charge >= 0.3 is 5.97 Å². The molecule has 20 heavy (non-hydrogen) atoms. The van der Waals surface area contributed by atoms with Crippen LogP contribution in [0.2, 0.25) is 0 Å². The van der Waals surface area contributed by atoms with E-state index in [9.17, 15) is 4.79 Å². The monoisotopic (exact) mass is 278 g/mol. The summed E-state index contributed by atoms with van der Waals surface area (Å²) in [7, 11) is 2.15. The number of carbonyl (C=O) groups is 1. The predicted molar refractivity (Wildman–Crippen MR) is 77.2 cm³/mol. The molecular formula is C15H22N2O3. The van der Waals surface area contributed by atoms with Crippen LogP contribution in [0, 0.1) is 0 Å². The molecule has 0 saturated carbocycles. The van der Waals surface area contributed by atoms with Crippen molar-refractivity contribution < 1.29 is 14.6 Å². The van der Waals surface area contributed by atoms with Crippen LogP contribution in [-0.4, -0.2) is 67.3 Å². The fraction of sp³-hybridized carbons (Fsp3) is 0.533. The van der Waals surface area contributed by atoms with E-state index in [-0.39, 0.29) is 6.42 Å². The lowest BCUT2D eigenvalue weighted by Crippen LogP contribution is -2.45. The minimum atomic E-state index is -0.811. The molecule has 0 amide bonds. The summed E-state index contributed by atoms with van der Waals surface area (Å²) < 4.78 is 5.69. The van der Waals surface area contributed by atoms with E-state index in [1.165, 1.54) is 0 Å². The predicted octanol–water partition coefficient (Wildman–Crippen LogP) is 0.940. The van der Waals surface area contributed by atoms with Crippen LogP contribution in [-0.2, 0) is 11.2 Å². The summed E-state index contributed by atoms with van der Waals surface area (Å²) in [6.45, 7) is 6.02. The SMILES string of the molecule is CN1CCN(CCOc2ccc(CC(=O)O)cc2)CC1. The molecule has 1 aromatic carbocycles. The van der Waals surface area contributed by atoms with Gasteiger partial charge in [-0.25, -0.2) is 0 Å². The summed E-state index contributed by atoms with van der Waals surface area (Å²) in [6, 6.07) is 7.28. The van der Waals surface area contributed by atoms with Crippen LogP contribution >= 0.6 is 0 Å². The Balaban J connectivity index is 1.70. The third kappa shape index (κ3) is 4.83. The van der Waals surface area contributed by atoms with E-state index in [1.54, 1.807) is 12.1 Å². The second-order valence-corrected chi connectivity index (χ2v) is 5.21. The number of piperazine rings is 1. The Bertz CT molecular complexity index is 425. The Labute approximate surface area is 119 Å². The third-order valence-electron chi connectivity index (χ3n) is 3.55. The highest BCUT2D eigenvalue weighted by Crippen LogP contribution is 2.12. The van der Waals surface area contributed by atoms with Crippen molar-refractivity contribution in [2.24, 2.45) is 0 Å². The van der Waals surface area contributed by atoms with Crippen molar-refractivity contribution in [2.45, 2.75) is 6.42 Å². The molecule has 2 rings (SSSR count). The quantitative estimate of drug-likeness (QED) is 0.839. The molecule has 0 bridgehead atoms. The molecule has 1 N–H and O–H groups in total. The van der Waals surface area contributed by atoms with E-state index in [2.05, 4.69) is 16.8 Å². The molecule has 5 heteroatoms. The Hall–Kier alpha value is -1.59. The molecule has 110 valence electrons. The van der Waals surface area contributed by atoms with Crippen LogP contribution < -0.4 is 4.74 Å². The maximum atomic E-state index is 10.6. The number of benzene rings is 1. The normalized spacial score (nSPS) is 17.1. The smallest absolute Gasteiger partial charge is 0.307 e. The molecule has 1 fully saturated rings. The van der Waals surface area contributed by atoms with Gasteiger partial charge in [-0.3, -0.25) is 9.69 Å². The number of rotatable bonds is 6. The summed E-state index contributed by atoms with van der Waals surface area (Å²) in [5, 5.41) is 8.70. The number of nitrogens with zero attached hydrogens (tertiary/aromatic N) is 2. The number of ether oxygens (including phenoxy) is 1. The Morgan fingerprint density at radius 3 is 2.45 bits per heavy atom. The van der Waals surface area contributed by atoms with Gasteiger partial charge in [-0.15, -0.1) is 0 Å². The van der Waals surface area contributed by atoms with Crippen molar-refractivity contribution in [1.82, 2.24) is 9.80 Å². The van der Waals surface area contributed by atoms with E-state index in [1.807, 2.05) is 12.1 Å². The van der Waals surface area contributed by atoms with E-state index in [4.69, 9.17) is 9.84 Å². The third-order valence-corrected chi connectivity index (χ3v) is 3.55. The van der Waals surface area contributed by atoms with Gasteiger partial charge in [0.2, 0.25) is 0 Å². The molecule has 1 aliphatic heterocycles. The van der Waals surface area contributed by atoms with Gasteiger partial charge in [-0.1, -0.05) is 12.1 Å². The van der Waals surface area contributed by atoms with Crippen molar-refractivity contribution in [3.8, 4) is 5.75 Å². The first-order valence-corrected chi connectivity index (χ1v) is 6.98. The summed E-state index contributed by atoms with van der Waals surface area (Å²) in [5.41, 5.74) is 0.795. The molecular weight excluding hydrogens is 256 g/mol. The Kier molecular flexibility index (Phi) is 5.38. The maximum Gasteiger partial charge on any atom is 0.307 e. The molecule has 1 aliphatic rings. The van der Waals surface area contributed by atoms with Crippen molar-refractivity contribution in [2.75, 3.05) is 46.4 Å². The Morgan fingerprint density at radius 1 is 1.20 bits per heavy atom. The highest BCUT2D eigenvalue weighted by atomic mass is 16.5. The molecule has 0 atom stereocenters. The fourth-order valence-corrected chi connectivity index (χ4v) is 2.24. The molecule has 0 aliphatic carbocycles. The average Bonchev–Trinajstić information content (AvgIpc) is 2.42. The van der Waals surface area contributed by atoms with E-state index >= 15 is 0 Å². The average molecular weight is 278 g/mol. The number of hydrogen-bond acceptors (Lipinski definition) is 4. The molecule has 1 saturated heterocycles. The van der Waals surface area contributed by atoms with Crippen molar-refractivity contribution >= 4 is 5.97 Å². The summed E-state index contributed by atoms with van der Waals surface area (Å²) >= 11 is 0. The van der Waals surface area contributed by atoms with Crippen molar-refractivity contribution in [3.05, 3.63) is 29.8 Å². The summed E-state index contributed by atoms with van der Waals surface area (Å²) in [4.78, 5) is 15.3. The standard InChI is InChI=1S/C15H22N2O3/c1-16-6-8-17(9-7-16)10-11-20-14-4-2-13(3-5-14)12-15(18)19/h2-5H,6-12H2,1H3,(H,18,19). The van der Waals surface area contributed by atoms with Gasteiger partial charge in [0.05, 0.1) is 6.42 Å². The van der Waals surface area contributed by atoms with Crippen LogP contribution in [0.15, 0.2) is 24.3 Å². The van der Waals surface area contributed by atoms with Gasteiger partial charge in [-0.05, 0) is 24.7 Å². The minimum Gasteiger partial charge on any atom is -0.492 e. The Morgan fingerprint density at radius 2 is 1.85 bits per heavy atom. The second kappa shape index (κ2) is 7.26. The second-order valence-electron chi connectivity index (χ2n) is 5.21. The van der Waals surface area contributed by atoms with Gasteiger partial charge < -0.3 is 14.7 Å². The number of carboxylic acid groups (broad SMARTS) is 1. The zero-order chi connectivity index (χ0) is 14.4. The number of hydrogen-bond donors (Lipinski definition) is 1. The molecule has 0 unspecified atom stereocenters. The number of aliphatic carboxylic acids is 1. The molecule has 1 heterocycles. The molecule has 0 radical (unpaired) electrons. The minimum absolute atomic E-state index is 0.0571. The molecule has 0 spiro atoms. The van der Waals surface area contributed by atoms with E-state index in [0.717, 1.165) is 44.0 Å². The van der Waals surface area contributed by atoms with Gasteiger partial charge in [0.15, 0.2) is 0 Å². The molecule has 0 aromatic heterocycles. The first-order valence-electron chi connectivity index (χ1n) is 6.98. The van der Waals surface area contributed by atoms with Gasteiger partial charge in [0.1, 0.15) is 12.4 Å². The zero-order valence-corrected chi connectivity index (χ0v) is 11.9. The lowest BCUT2D eigenvalue weighted by Gasteiger charge is -2.32. The lowest BCUT2D eigenvalue weighted by atomic mass is 10.1. The number of likely N-dealkylation sites (N-methyl/N-ethyl adjacent to an activating group) is 1. The highest BCUT2D eigenvalue weighted by molar-refractivity contribution is 5.70. The summed E-state index contributed by atoms with van der Waals surface area (Å²) in [5.74, 6) is -0.0120. The topological polar surface area (TPSA) is 53.0 Å². The number of carboxylic acids is 1. The largest absolute Gasteiger partial charge is 0.492 e. The van der Waals surface area contributed by atoms with Gasteiger partial charge in [0.25, 0.3) is 0 Å². The fourth-order valence-electron chi connectivity index (χ4n) is 2.24.